The van der Waals surface area contributed by atoms with Crippen LogP contribution in [0.4, 0.5) is 0 Å². The van der Waals surface area contributed by atoms with E-state index in [9.17, 15) is 8.42 Å². The Labute approximate surface area is 196 Å². The Kier molecular flexibility index (Phi) is 12.2. The maximum Gasteiger partial charge on any atom is 0.213 e. The summed E-state index contributed by atoms with van der Waals surface area (Å²) in [6.07, 6.45) is 4.16. The zero-order chi connectivity index (χ0) is 20.4. The van der Waals surface area contributed by atoms with E-state index in [1.54, 1.807) is 13.2 Å². The summed E-state index contributed by atoms with van der Waals surface area (Å²) < 4.78 is 32.0. The van der Waals surface area contributed by atoms with Crippen LogP contribution >= 0.6 is 35.6 Å². The van der Waals surface area contributed by atoms with Crippen LogP contribution in [0.3, 0.4) is 0 Å². The van der Waals surface area contributed by atoms with Gasteiger partial charge in [0, 0.05) is 24.7 Å². The van der Waals surface area contributed by atoms with Gasteiger partial charge in [-0.25, -0.2) is 13.1 Å². The number of hydrogen-bond acceptors (Lipinski definition) is 4. The van der Waals surface area contributed by atoms with E-state index in [4.69, 9.17) is 16.3 Å². The third kappa shape index (κ3) is 9.71. The highest BCUT2D eigenvalue weighted by Crippen LogP contribution is 2.25. The molecule has 0 aliphatic heterocycles. The van der Waals surface area contributed by atoms with Crippen molar-refractivity contribution in [3.05, 3.63) is 28.8 Å². The summed E-state index contributed by atoms with van der Waals surface area (Å²) in [6.45, 7) is 4.05. The van der Waals surface area contributed by atoms with Crippen molar-refractivity contribution >= 4 is 51.6 Å². The number of hydrogen-bond donors (Lipinski definition) is 3. The second-order valence-corrected chi connectivity index (χ2v) is 9.19. The van der Waals surface area contributed by atoms with Crippen molar-refractivity contribution in [2.75, 3.05) is 39.0 Å². The minimum absolute atomic E-state index is 0. The molecule has 0 amide bonds. The van der Waals surface area contributed by atoms with Gasteiger partial charge in [0.2, 0.25) is 10.0 Å². The predicted molar refractivity (Wildman–Crippen MR) is 130 cm³/mol. The largest absolute Gasteiger partial charge is 0.497 e. The van der Waals surface area contributed by atoms with Crippen LogP contribution in [0.1, 0.15) is 31.7 Å². The fraction of sp³-hybridized carbons (Fsp3) is 0.632. The first-order valence-corrected chi connectivity index (χ1v) is 11.8. The van der Waals surface area contributed by atoms with Gasteiger partial charge in [0.1, 0.15) is 5.75 Å². The van der Waals surface area contributed by atoms with Gasteiger partial charge in [-0.3, -0.25) is 4.99 Å². The molecule has 29 heavy (non-hydrogen) atoms. The van der Waals surface area contributed by atoms with Crippen molar-refractivity contribution < 1.29 is 13.2 Å². The first kappa shape index (κ1) is 26.3. The highest BCUT2D eigenvalue weighted by atomic mass is 127. The molecule has 166 valence electrons. The van der Waals surface area contributed by atoms with Crippen molar-refractivity contribution in [2.45, 2.75) is 32.6 Å². The van der Waals surface area contributed by atoms with E-state index in [1.165, 1.54) is 6.42 Å². The number of rotatable bonds is 11. The maximum absolute atomic E-state index is 12.1. The maximum atomic E-state index is 12.1. The Morgan fingerprint density at radius 1 is 1.31 bits per heavy atom. The molecule has 0 atom stereocenters. The topological polar surface area (TPSA) is 91.8 Å². The Bertz CT molecular complexity index is 758. The van der Waals surface area contributed by atoms with Gasteiger partial charge >= 0.3 is 0 Å². The number of aliphatic imine (C=N–C) groups is 1. The summed E-state index contributed by atoms with van der Waals surface area (Å²) in [4.78, 5) is 4.36. The molecule has 2 rings (SSSR count). The average Bonchev–Trinajstić information content (AvgIpc) is 2.61. The molecule has 1 aromatic rings. The zero-order valence-electron chi connectivity index (χ0n) is 17.0. The normalized spacial score (nSPS) is 14.7. The van der Waals surface area contributed by atoms with Crippen LogP contribution in [0.15, 0.2) is 23.2 Å². The Morgan fingerprint density at radius 2 is 2.07 bits per heavy atom. The first-order valence-electron chi connectivity index (χ1n) is 9.75. The molecular weight excluding hydrogens is 527 g/mol. The van der Waals surface area contributed by atoms with E-state index >= 15 is 0 Å². The molecule has 1 saturated carbocycles. The van der Waals surface area contributed by atoms with Gasteiger partial charge in [-0.1, -0.05) is 24.1 Å². The number of benzene rings is 1. The number of sulfonamides is 1. The highest BCUT2D eigenvalue weighted by molar-refractivity contribution is 14.0. The lowest BCUT2D eigenvalue weighted by atomic mass is 9.86. The van der Waals surface area contributed by atoms with Crippen LogP contribution in [0, 0.1) is 5.92 Å². The lowest BCUT2D eigenvalue weighted by Crippen LogP contribution is -2.39. The quantitative estimate of drug-likeness (QED) is 0.221. The summed E-state index contributed by atoms with van der Waals surface area (Å²) in [5.74, 6) is 1.81. The molecule has 0 spiro atoms. The SMILES string of the molecule is CCNC(=NCCS(=O)(=O)NCC1CCC1)NCCc1ccc(OC)cc1Cl.I. The van der Waals surface area contributed by atoms with Crippen LogP contribution in [0.25, 0.3) is 0 Å². The first-order chi connectivity index (χ1) is 13.4. The van der Waals surface area contributed by atoms with Crippen LogP contribution in [0.2, 0.25) is 5.02 Å². The van der Waals surface area contributed by atoms with Gasteiger partial charge < -0.3 is 15.4 Å². The lowest BCUT2D eigenvalue weighted by Gasteiger charge is -2.25. The summed E-state index contributed by atoms with van der Waals surface area (Å²) in [7, 11) is -1.67. The van der Waals surface area contributed by atoms with Gasteiger partial charge in [-0.15, -0.1) is 24.0 Å². The molecule has 1 aromatic carbocycles. The van der Waals surface area contributed by atoms with Crippen molar-refractivity contribution in [3.8, 4) is 5.75 Å². The van der Waals surface area contributed by atoms with E-state index in [1.807, 2.05) is 19.1 Å². The number of guanidine groups is 1. The Hall–Kier alpha value is -0.780. The zero-order valence-corrected chi connectivity index (χ0v) is 20.9. The van der Waals surface area contributed by atoms with E-state index in [2.05, 4.69) is 20.3 Å². The van der Waals surface area contributed by atoms with Crippen LogP contribution in [-0.2, 0) is 16.4 Å². The second kappa shape index (κ2) is 13.5. The van der Waals surface area contributed by atoms with Crippen molar-refractivity contribution in [1.82, 2.24) is 15.4 Å². The number of nitrogens with zero attached hydrogens (tertiary/aromatic N) is 1. The molecule has 0 aromatic heterocycles. The van der Waals surface area contributed by atoms with Gasteiger partial charge in [-0.2, -0.15) is 0 Å². The number of methoxy groups -OCH3 is 1. The Morgan fingerprint density at radius 3 is 2.66 bits per heavy atom. The van der Waals surface area contributed by atoms with Crippen molar-refractivity contribution in [2.24, 2.45) is 10.9 Å². The fourth-order valence-corrected chi connectivity index (χ4v) is 4.04. The molecular formula is C19H32ClIN4O3S. The molecule has 0 heterocycles. The van der Waals surface area contributed by atoms with Crippen LogP contribution < -0.4 is 20.1 Å². The standard InChI is InChI=1S/C19H31ClN4O3S.HI/c1-3-21-19(22-10-9-16-7-8-17(27-2)13-18(16)20)23-11-12-28(25,26)24-14-15-5-4-6-15;/h7-8,13,15,24H,3-6,9-12,14H2,1-2H3,(H2,21,22,23);1H. The van der Waals surface area contributed by atoms with Gasteiger partial charge in [0.05, 0.1) is 19.4 Å². The smallest absolute Gasteiger partial charge is 0.213 e. The van der Waals surface area contributed by atoms with E-state index in [0.717, 1.165) is 24.2 Å². The van der Waals surface area contributed by atoms with Gasteiger partial charge in [-0.05, 0) is 49.8 Å². The summed E-state index contributed by atoms with van der Waals surface area (Å²) in [5.41, 5.74) is 1.01. The third-order valence-corrected chi connectivity index (χ3v) is 6.42. The molecule has 1 aliphatic carbocycles. The third-order valence-electron chi connectivity index (χ3n) is 4.74. The fourth-order valence-electron chi connectivity index (χ4n) is 2.81. The van der Waals surface area contributed by atoms with Gasteiger partial charge in [0.15, 0.2) is 5.96 Å². The molecule has 1 aliphatic rings. The molecule has 0 radical (unpaired) electrons. The predicted octanol–water partition coefficient (Wildman–Crippen LogP) is 2.78. The minimum Gasteiger partial charge on any atom is -0.497 e. The summed E-state index contributed by atoms with van der Waals surface area (Å²) in [6, 6.07) is 5.60. The van der Waals surface area contributed by atoms with Crippen molar-refractivity contribution in [3.63, 3.8) is 0 Å². The van der Waals surface area contributed by atoms with Gasteiger partial charge in [0.25, 0.3) is 0 Å². The average molecular weight is 559 g/mol. The molecule has 1 fully saturated rings. The number of ether oxygens (including phenoxy) is 1. The number of halogens is 2. The van der Waals surface area contributed by atoms with E-state index in [0.29, 0.717) is 43.0 Å². The minimum atomic E-state index is -3.28. The number of nitrogens with one attached hydrogen (secondary N) is 3. The highest BCUT2D eigenvalue weighted by Gasteiger charge is 2.19. The molecule has 0 saturated heterocycles. The van der Waals surface area contributed by atoms with Crippen LogP contribution in [-0.4, -0.2) is 53.4 Å². The molecule has 7 nitrogen and oxygen atoms in total. The Balaban J connectivity index is 0.00000420. The van der Waals surface area contributed by atoms with Crippen molar-refractivity contribution in [1.29, 1.82) is 0 Å². The molecule has 10 heteroatoms. The van der Waals surface area contributed by atoms with E-state index < -0.39 is 10.0 Å². The molecule has 0 unspecified atom stereocenters. The van der Waals surface area contributed by atoms with Crippen LogP contribution in [0.5, 0.6) is 5.75 Å². The molecule has 3 N–H and O–H groups in total. The monoisotopic (exact) mass is 558 g/mol. The summed E-state index contributed by atoms with van der Waals surface area (Å²) >= 11 is 6.26. The second-order valence-electron chi connectivity index (χ2n) is 6.86. The molecule has 0 bridgehead atoms. The summed E-state index contributed by atoms with van der Waals surface area (Å²) in [5, 5.41) is 7.00. The van der Waals surface area contributed by atoms with E-state index in [-0.39, 0.29) is 36.3 Å². The lowest BCUT2D eigenvalue weighted by molar-refractivity contribution is 0.316.